The summed E-state index contributed by atoms with van der Waals surface area (Å²) in [6.45, 7) is 1.93. The number of benzene rings is 2. The molecule has 0 spiro atoms. The maximum atomic E-state index is 12.1. The molecule has 0 saturated carbocycles. The first-order valence-corrected chi connectivity index (χ1v) is 8.07. The van der Waals surface area contributed by atoms with Crippen LogP contribution in [0.1, 0.15) is 6.92 Å². The van der Waals surface area contributed by atoms with E-state index < -0.39 is 21.7 Å². The van der Waals surface area contributed by atoms with Crippen molar-refractivity contribution in [2.24, 2.45) is 5.16 Å². The van der Waals surface area contributed by atoms with Crippen LogP contribution in [0.25, 0.3) is 10.8 Å². The highest BCUT2D eigenvalue weighted by Gasteiger charge is 2.18. The van der Waals surface area contributed by atoms with Gasteiger partial charge < -0.3 is 5.32 Å². The van der Waals surface area contributed by atoms with E-state index in [1.54, 1.807) is 25.1 Å². The van der Waals surface area contributed by atoms with E-state index in [1.165, 1.54) is 18.2 Å². The highest BCUT2D eigenvalue weighted by atomic mass is 32.2. The first-order valence-electron chi connectivity index (χ1n) is 6.66. The third-order valence-electron chi connectivity index (χ3n) is 2.89. The van der Waals surface area contributed by atoms with Crippen LogP contribution in [0.5, 0.6) is 0 Å². The Morgan fingerprint density at radius 2 is 1.96 bits per heavy atom. The van der Waals surface area contributed by atoms with E-state index in [-0.39, 0.29) is 11.4 Å². The van der Waals surface area contributed by atoms with E-state index in [0.717, 1.165) is 5.39 Å². The molecular formula is C15H13N3O4S. The van der Waals surface area contributed by atoms with Crippen molar-refractivity contribution in [2.75, 3.05) is 6.54 Å². The molecule has 2 rings (SSSR count). The molecule has 0 fully saturated rings. The van der Waals surface area contributed by atoms with Crippen LogP contribution in [0.2, 0.25) is 0 Å². The lowest BCUT2D eigenvalue weighted by molar-refractivity contribution is -0.114. The molecule has 0 aliphatic heterocycles. The first-order chi connectivity index (χ1) is 11.0. The fraction of sp³-hybridized carbons (Fsp3) is 0.133. The van der Waals surface area contributed by atoms with Gasteiger partial charge in [-0.15, -0.1) is 0 Å². The van der Waals surface area contributed by atoms with Gasteiger partial charge in [0.25, 0.3) is 5.91 Å². The number of fused-ring (bicyclic) bond motifs is 1. The van der Waals surface area contributed by atoms with E-state index >= 15 is 0 Å². The third-order valence-corrected chi connectivity index (χ3v) is 4.00. The van der Waals surface area contributed by atoms with Crippen LogP contribution in [0, 0.1) is 11.3 Å². The molecule has 23 heavy (non-hydrogen) atoms. The smallest absolute Gasteiger partial charge is 0.350 e. The molecule has 0 atom stereocenters. The van der Waals surface area contributed by atoms with E-state index in [1.807, 2.05) is 12.1 Å². The van der Waals surface area contributed by atoms with Gasteiger partial charge in [-0.1, -0.05) is 30.3 Å². The van der Waals surface area contributed by atoms with Gasteiger partial charge >= 0.3 is 10.1 Å². The van der Waals surface area contributed by atoms with Crippen molar-refractivity contribution in [3.63, 3.8) is 0 Å². The summed E-state index contributed by atoms with van der Waals surface area (Å²) in [5.74, 6) is -0.802. The molecule has 0 aromatic heterocycles. The number of nitriles is 1. The zero-order valence-corrected chi connectivity index (χ0v) is 13.0. The van der Waals surface area contributed by atoms with E-state index in [0.29, 0.717) is 5.39 Å². The van der Waals surface area contributed by atoms with Crippen LogP contribution in [0.3, 0.4) is 0 Å². The van der Waals surface area contributed by atoms with Gasteiger partial charge in [-0.3, -0.25) is 9.08 Å². The summed E-state index contributed by atoms with van der Waals surface area (Å²) in [6, 6.07) is 13.1. The Kier molecular flexibility index (Phi) is 4.93. The molecule has 0 heterocycles. The summed E-state index contributed by atoms with van der Waals surface area (Å²) in [4.78, 5) is 11.3. The largest absolute Gasteiger partial charge is 0.358 e. The minimum absolute atomic E-state index is 0.117. The molecular weight excluding hydrogens is 318 g/mol. The second-order valence-corrected chi connectivity index (χ2v) is 5.98. The minimum Gasteiger partial charge on any atom is -0.350 e. The molecule has 1 N–H and O–H groups in total. The molecule has 0 radical (unpaired) electrons. The molecule has 7 nitrogen and oxygen atoms in total. The number of oxime groups is 1. The number of carbonyl (C=O) groups excluding carboxylic acids is 1. The van der Waals surface area contributed by atoms with Crippen molar-refractivity contribution in [1.29, 1.82) is 5.26 Å². The number of amides is 1. The number of nitrogens with zero attached hydrogens (tertiary/aromatic N) is 2. The average Bonchev–Trinajstić information content (AvgIpc) is 2.55. The van der Waals surface area contributed by atoms with Gasteiger partial charge in [-0.05, 0) is 35.0 Å². The molecule has 118 valence electrons. The first kappa shape index (κ1) is 16.5. The van der Waals surface area contributed by atoms with E-state index in [2.05, 4.69) is 14.8 Å². The Morgan fingerprint density at radius 3 is 2.61 bits per heavy atom. The molecule has 0 bridgehead atoms. The quantitative estimate of drug-likeness (QED) is 0.660. The predicted molar refractivity (Wildman–Crippen MR) is 84.0 cm³/mol. The number of nitrogens with one attached hydrogen (secondary N) is 1. The Labute approximate surface area is 133 Å². The molecule has 0 aliphatic carbocycles. The molecule has 0 aliphatic rings. The fourth-order valence-electron chi connectivity index (χ4n) is 1.81. The molecule has 0 saturated heterocycles. The van der Waals surface area contributed by atoms with Crippen LogP contribution >= 0.6 is 0 Å². The summed E-state index contributed by atoms with van der Waals surface area (Å²) in [7, 11) is -4.22. The number of carbonyl (C=O) groups is 1. The maximum Gasteiger partial charge on any atom is 0.358 e. The van der Waals surface area contributed by atoms with Crippen LogP contribution in [-0.4, -0.2) is 26.6 Å². The van der Waals surface area contributed by atoms with Gasteiger partial charge in [-0.2, -0.15) is 13.7 Å². The predicted octanol–water partition coefficient (Wildman–Crippen LogP) is 1.56. The normalized spacial score (nSPS) is 11.7. The highest BCUT2D eigenvalue weighted by Crippen LogP contribution is 2.20. The molecule has 2 aromatic carbocycles. The summed E-state index contributed by atoms with van der Waals surface area (Å²) in [5.41, 5.74) is -0.670. The number of hydrogen-bond donors (Lipinski definition) is 1. The van der Waals surface area contributed by atoms with Crippen molar-refractivity contribution in [2.45, 2.75) is 11.8 Å². The summed E-state index contributed by atoms with van der Waals surface area (Å²) < 4.78 is 28.7. The molecule has 0 unspecified atom stereocenters. The Balaban J connectivity index is 2.30. The molecule has 1 amide bonds. The summed E-state index contributed by atoms with van der Waals surface area (Å²) >= 11 is 0. The standard InChI is InChI=1S/C15H13N3O4S/c1-2-17-15(19)14(10-16)18-22-23(20,21)13-8-7-11-5-3-4-6-12(11)9-13/h3-9H,2H2,1H3,(H,17,19)/b18-14+. The Morgan fingerprint density at radius 1 is 1.26 bits per heavy atom. The average molecular weight is 331 g/mol. The van der Waals surface area contributed by atoms with Gasteiger partial charge in [0.15, 0.2) is 0 Å². The van der Waals surface area contributed by atoms with Gasteiger partial charge in [0.2, 0.25) is 5.71 Å². The van der Waals surface area contributed by atoms with Gasteiger partial charge in [-0.25, -0.2) is 0 Å². The lowest BCUT2D eigenvalue weighted by Gasteiger charge is -2.04. The van der Waals surface area contributed by atoms with Crippen LogP contribution in [0.4, 0.5) is 0 Å². The molecule has 2 aromatic rings. The minimum atomic E-state index is -4.22. The van der Waals surface area contributed by atoms with E-state index in [9.17, 15) is 13.2 Å². The summed E-state index contributed by atoms with van der Waals surface area (Å²) in [6.07, 6.45) is 0. The second kappa shape index (κ2) is 6.89. The highest BCUT2D eigenvalue weighted by molar-refractivity contribution is 7.86. The van der Waals surface area contributed by atoms with Crippen molar-refractivity contribution in [3.05, 3.63) is 42.5 Å². The van der Waals surface area contributed by atoms with Crippen molar-refractivity contribution in [3.8, 4) is 6.07 Å². The van der Waals surface area contributed by atoms with Crippen LogP contribution in [0.15, 0.2) is 52.5 Å². The SMILES string of the molecule is CCNC(=O)/C(C#N)=N/OS(=O)(=O)c1ccc2ccccc2c1. The maximum absolute atomic E-state index is 12.1. The lowest BCUT2D eigenvalue weighted by atomic mass is 10.1. The monoisotopic (exact) mass is 331 g/mol. The fourth-order valence-corrected chi connectivity index (χ4v) is 2.57. The van der Waals surface area contributed by atoms with E-state index in [4.69, 9.17) is 5.26 Å². The van der Waals surface area contributed by atoms with Gasteiger partial charge in [0.1, 0.15) is 11.0 Å². The van der Waals surface area contributed by atoms with Crippen molar-refractivity contribution >= 4 is 32.5 Å². The Bertz CT molecular complexity index is 914. The van der Waals surface area contributed by atoms with Gasteiger partial charge in [0, 0.05) is 6.54 Å². The zero-order valence-electron chi connectivity index (χ0n) is 12.2. The summed E-state index contributed by atoms with van der Waals surface area (Å²) in [5, 5.41) is 15.9. The van der Waals surface area contributed by atoms with Crippen LogP contribution < -0.4 is 5.32 Å². The number of rotatable bonds is 5. The van der Waals surface area contributed by atoms with Gasteiger partial charge in [0.05, 0.1) is 0 Å². The topological polar surface area (TPSA) is 109 Å². The Hall–Kier alpha value is -2.92. The lowest BCUT2D eigenvalue weighted by Crippen LogP contribution is -2.30. The van der Waals surface area contributed by atoms with Crippen molar-refractivity contribution < 1.29 is 17.5 Å². The number of hydrogen-bond acceptors (Lipinski definition) is 6. The van der Waals surface area contributed by atoms with Crippen LogP contribution in [-0.2, 0) is 19.2 Å². The molecule has 8 heteroatoms. The second-order valence-electron chi connectivity index (χ2n) is 4.45. The van der Waals surface area contributed by atoms with Crippen molar-refractivity contribution in [1.82, 2.24) is 5.32 Å². The zero-order chi connectivity index (χ0) is 16.9. The third kappa shape index (κ3) is 3.84.